The molecule has 0 spiro atoms. The van der Waals surface area contributed by atoms with E-state index in [1.165, 1.54) is 37.0 Å². The van der Waals surface area contributed by atoms with E-state index in [0.29, 0.717) is 5.92 Å². The van der Waals surface area contributed by atoms with Gasteiger partial charge < -0.3 is 16.2 Å². The Morgan fingerprint density at radius 1 is 1.11 bits per heavy atom. The molecule has 2 saturated carbocycles. The third kappa shape index (κ3) is 7.05. The molecule has 0 aromatic carbocycles. The Hall–Kier alpha value is -1.68. The van der Waals surface area contributed by atoms with Crippen molar-refractivity contribution in [3.05, 3.63) is 11.1 Å². The van der Waals surface area contributed by atoms with Gasteiger partial charge in [-0.3, -0.25) is 4.79 Å². The topological polar surface area (TPSA) is 105 Å². The predicted molar refractivity (Wildman–Crippen MR) is 100 cm³/mol. The summed E-state index contributed by atoms with van der Waals surface area (Å²) in [6.07, 6.45) is 7.19. The van der Waals surface area contributed by atoms with Crippen LogP contribution < -0.4 is 11.1 Å². The van der Waals surface area contributed by atoms with Crippen LogP contribution in [0.5, 0.6) is 0 Å². The molecule has 0 atom stereocenters. The second-order valence-electron chi connectivity index (χ2n) is 7.31. The number of carboxylic acid groups (broad SMARTS) is 1. The summed E-state index contributed by atoms with van der Waals surface area (Å²) in [5, 5.41) is 10.9. The fourth-order valence-electron chi connectivity index (χ4n) is 3.51. The van der Waals surface area contributed by atoms with Crippen LogP contribution in [0, 0.1) is 5.92 Å². The number of aromatic nitrogens is 1. The number of hydrogen-bond donors (Lipinski definition) is 3. The first-order valence-corrected chi connectivity index (χ1v) is 10.3. The molecule has 28 heavy (non-hydrogen) atoms. The lowest BCUT2D eigenvalue weighted by Gasteiger charge is -2.24. The molecule has 10 heteroatoms. The van der Waals surface area contributed by atoms with Crippen molar-refractivity contribution in [3.63, 3.8) is 0 Å². The van der Waals surface area contributed by atoms with E-state index in [1.807, 2.05) is 6.20 Å². The van der Waals surface area contributed by atoms with Crippen molar-refractivity contribution in [2.45, 2.75) is 75.9 Å². The van der Waals surface area contributed by atoms with Crippen LogP contribution in [-0.2, 0) is 9.59 Å². The minimum absolute atomic E-state index is 0.117. The van der Waals surface area contributed by atoms with Gasteiger partial charge in [0.2, 0.25) is 5.91 Å². The van der Waals surface area contributed by atoms with E-state index in [2.05, 4.69) is 10.3 Å². The highest BCUT2D eigenvalue weighted by Gasteiger charge is 2.38. The molecule has 0 unspecified atom stereocenters. The van der Waals surface area contributed by atoms with Gasteiger partial charge in [0.15, 0.2) is 5.13 Å². The summed E-state index contributed by atoms with van der Waals surface area (Å²) in [4.78, 5) is 26.9. The van der Waals surface area contributed by atoms with Crippen LogP contribution in [0.1, 0.15) is 68.6 Å². The van der Waals surface area contributed by atoms with Crippen molar-refractivity contribution in [2.24, 2.45) is 11.7 Å². The lowest BCUT2D eigenvalue weighted by atomic mass is 9.86. The Bertz CT molecular complexity index is 652. The molecule has 2 aliphatic carbocycles. The number of rotatable bonds is 3. The third-order valence-corrected chi connectivity index (χ3v) is 6.22. The zero-order valence-electron chi connectivity index (χ0n) is 15.5. The second-order valence-corrected chi connectivity index (χ2v) is 8.37. The maximum Gasteiger partial charge on any atom is 0.490 e. The highest BCUT2D eigenvalue weighted by atomic mass is 32.1. The lowest BCUT2D eigenvalue weighted by Crippen LogP contribution is -2.32. The monoisotopic (exact) mass is 421 g/mol. The predicted octanol–water partition coefficient (Wildman–Crippen LogP) is 4.28. The first kappa shape index (κ1) is 22.6. The number of anilines is 1. The quantitative estimate of drug-likeness (QED) is 0.676. The van der Waals surface area contributed by atoms with Crippen molar-refractivity contribution >= 4 is 28.3 Å². The summed E-state index contributed by atoms with van der Waals surface area (Å²) in [6, 6.07) is 0.284. The van der Waals surface area contributed by atoms with Gasteiger partial charge in [-0.15, -0.1) is 11.3 Å². The molecule has 158 valence electrons. The maximum absolute atomic E-state index is 12.3. The van der Waals surface area contributed by atoms with Gasteiger partial charge in [-0.2, -0.15) is 13.2 Å². The summed E-state index contributed by atoms with van der Waals surface area (Å²) in [6.45, 7) is 0. The van der Waals surface area contributed by atoms with Crippen molar-refractivity contribution in [1.29, 1.82) is 0 Å². The number of carbonyl (C=O) groups excluding carboxylic acids is 1. The molecule has 0 radical (unpaired) electrons. The molecule has 0 bridgehead atoms. The van der Waals surface area contributed by atoms with Gasteiger partial charge in [-0.25, -0.2) is 9.78 Å². The Kier molecular flexibility index (Phi) is 8.23. The number of halogens is 3. The van der Waals surface area contributed by atoms with Crippen LogP contribution in [0.25, 0.3) is 0 Å². The highest BCUT2D eigenvalue weighted by Crippen LogP contribution is 2.37. The summed E-state index contributed by atoms with van der Waals surface area (Å²) in [5.74, 6) is -1.85. The van der Waals surface area contributed by atoms with Crippen LogP contribution >= 0.6 is 11.3 Å². The van der Waals surface area contributed by atoms with E-state index in [9.17, 15) is 18.0 Å². The van der Waals surface area contributed by atoms with Crippen molar-refractivity contribution < 1.29 is 27.9 Å². The normalized spacial score (nSPS) is 23.4. The fourth-order valence-corrected chi connectivity index (χ4v) is 4.50. The molecule has 2 aliphatic rings. The fraction of sp³-hybridized carbons (Fsp3) is 0.722. The Balaban J connectivity index is 0.000000345. The average Bonchev–Trinajstić information content (AvgIpc) is 3.11. The lowest BCUT2D eigenvalue weighted by molar-refractivity contribution is -0.192. The zero-order chi connectivity index (χ0) is 20.7. The molecule has 0 saturated heterocycles. The van der Waals surface area contributed by atoms with E-state index in [-0.39, 0.29) is 17.9 Å². The number of carbonyl (C=O) groups is 2. The molecule has 4 N–H and O–H groups in total. The van der Waals surface area contributed by atoms with E-state index < -0.39 is 12.1 Å². The van der Waals surface area contributed by atoms with Crippen molar-refractivity contribution in [2.75, 3.05) is 5.32 Å². The molecule has 3 rings (SSSR count). The van der Waals surface area contributed by atoms with Gasteiger partial charge in [0.05, 0.1) is 0 Å². The van der Waals surface area contributed by atoms with Gasteiger partial charge in [-0.1, -0.05) is 19.3 Å². The van der Waals surface area contributed by atoms with Crippen LogP contribution in [0.2, 0.25) is 0 Å². The number of nitrogens with one attached hydrogen (secondary N) is 1. The van der Waals surface area contributed by atoms with Gasteiger partial charge in [0, 0.05) is 23.0 Å². The molecule has 0 aliphatic heterocycles. The average molecular weight is 421 g/mol. The van der Waals surface area contributed by atoms with Crippen molar-refractivity contribution in [1.82, 2.24) is 4.98 Å². The number of carboxylic acids is 1. The van der Waals surface area contributed by atoms with Crippen LogP contribution in [0.4, 0.5) is 18.3 Å². The molecule has 1 heterocycles. The number of thiazole rings is 1. The second kappa shape index (κ2) is 10.2. The van der Waals surface area contributed by atoms with E-state index in [4.69, 9.17) is 15.6 Å². The van der Waals surface area contributed by atoms with Crippen molar-refractivity contribution in [3.8, 4) is 0 Å². The molecule has 1 aromatic rings. The molecular weight excluding hydrogens is 395 g/mol. The van der Waals surface area contributed by atoms with Gasteiger partial charge in [-0.05, 0) is 44.4 Å². The standard InChI is InChI=1S/C16H25N3OS.C2HF3O2/c17-13-8-6-12(7-9-13)15(20)19-16-18-10-14(21-16)11-4-2-1-3-5-11;3-2(4,5)1(6)7/h10-13H,1-9,17H2,(H,18,19,20);(H,6,7). The minimum Gasteiger partial charge on any atom is -0.475 e. The van der Waals surface area contributed by atoms with Gasteiger partial charge in [0.1, 0.15) is 0 Å². The molecule has 2 fully saturated rings. The largest absolute Gasteiger partial charge is 0.490 e. The van der Waals surface area contributed by atoms with Gasteiger partial charge >= 0.3 is 12.1 Å². The molecular formula is C18H26F3N3O3S. The van der Waals surface area contributed by atoms with Gasteiger partial charge in [0.25, 0.3) is 0 Å². The molecule has 1 aromatic heterocycles. The third-order valence-electron chi connectivity index (χ3n) is 5.15. The molecule has 6 nitrogen and oxygen atoms in total. The summed E-state index contributed by atoms with van der Waals surface area (Å²) in [7, 11) is 0. The number of nitrogens with zero attached hydrogens (tertiary/aromatic N) is 1. The summed E-state index contributed by atoms with van der Waals surface area (Å²) in [5.41, 5.74) is 5.89. The van der Waals surface area contributed by atoms with E-state index >= 15 is 0 Å². The van der Waals surface area contributed by atoms with Crippen LogP contribution in [-0.4, -0.2) is 34.2 Å². The first-order chi connectivity index (χ1) is 13.2. The number of amides is 1. The summed E-state index contributed by atoms with van der Waals surface area (Å²) >= 11 is 1.66. The number of hydrogen-bond acceptors (Lipinski definition) is 5. The van der Waals surface area contributed by atoms with E-state index in [1.54, 1.807) is 11.3 Å². The number of nitrogens with two attached hydrogens (primary N) is 1. The Labute approximate surface area is 165 Å². The Morgan fingerprint density at radius 2 is 1.68 bits per heavy atom. The number of alkyl halides is 3. The first-order valence-electron chi connectivity index (χ1n) is 9.49. The maximum atomic E-state index is 12.3. The summed E-state index contributed by atoms with van der Waals surface area (Å²) < 4.78 is 31.7. The Morgan fingerprint density at radius 3 is 2.21 bits per heavy atom. The zero-order valence-corrected chi connectivity index (χ0v) is 16.3. The smallest absolute Gasteiger partial charge is 0.475 e. The molecule has 1 amide bonds. The SMILES string of the molecule is NC1CCC(C(=O)Nc2ncc(C3CCCCC3)s2)CC1.O=C(O)C(F)(F)F. The van der Waals surface area contributed by atoms with Crippen LogP contribution in [0.3, 0.4) is 0 Å². The van der Waals surface area contributed by atoms with Crippen LogP contribution in [0.15, 0.2) is 6.20 Å². The highest BCUT2D eigenvalue weighted by molar-refractivity contribution is 7.15. The van der Waals surface area contributed by atoms with E-state index in [0.717, 1.165) is 30.8 Å². The number of aliphatic carboxylic acids is 1. The minimum atomic E-state index is -5.08.